The number of hydrogen-bond donors (Lipinski definition) is 2. The number of H-pyrrole nitrogens is 1. The van der Waals surface area contributed by atoms with Gasteiger partial charge in [0.25, 0.3) is 11.5 Å². The molecule has 2 N–H and O–H groups in total. The van der Waals surface area contributed by atoms with Crippen LogP contribution in [0.15, 0.2) is 59.4 Å². The third-order valence-electron chi connectivity index (χ3n) is 4.04. The summed E-state index contributed by atoms with van der Waals surface area (Å²) in [5.41, 5.74) is 1.20. The number of rotatable bonds is 7. The van der Waals surface area contributed by atoms with Gasteiger partial charge >= 0.3 is 0 Å². The first kappa shape index (κ1) is 20.1. The van der Waals surface area contributed by atoms with Gasteiger partial charge in [0.1, 0.15) is 23.0 Å². The largest absolute Gasteiger partial charge is 0.497 e. The zero-order chi connectivity index (χ0) is 20.8. The highest BCUT2D eigenvalue weighted by Gasteiger charge is 2.11. The summed E-state index contributed by atoms with van der Waals surface area (Å²) in [4.78, 5) is 31.5. The molecule has 1 aromatic heterocycles. The Morgan fingerprint density at radius 3 is 2.34 bits per heavy atom. The molecule has 3 aromatic rings. The van der Waals surface area contributed by atoms with Crippen molar-refractivity contribution in [1.29, 1.82) is 0 Å². The molecule has 7 nitrogen and oxygen atoms in total. The SMILES string of the molecule is COc1ccc(Cc2nc(C(=O)Nc3ccc(OC(C)C)cc3)cc(=O)[nH]2)cc1. The summed E-state index contributed by atoms with van der Waals surface area (Å²) in [5, 5.41) is 2.75. The molecule has 0 bridgehead atoms. The fourth-order valence-corrected chi connectivity index (χ4v) is 2.73. The van der Waals surface area contributed by atoms with Crippen LogP contribution in [-0.4, -0.2) is 29.1 Å². The summed E-state index contributed by atoms with van der Waals surface area (Å²) >= 11 is 0. The highest BCUT2D eigenvalue weighted by Crippen LogP contribution is 2.17. The van der Waals surface area contributed by atoms with Crippen LogP contribution in [0.5, 0.6) is 11.5 Å². The van der Waals surface area contributed by atoms with Gasteiger partial charge < -0.3 is 19.8 Å². The van der Waals surface area contributed by atoms with Crippen molar-refractivity contribution in [2.24, 2.45) is 0 Å². The number of benzene rings is 2. The molecule has 0 saturated carbocycles. The second-order valence-corrected chi connectivity index (χ2v) is 6.75. The van der Waals surface area contributed by atoms with Crippen LogP contribution in [0.25, 0.3) is 0 Å². The predicted octanol–water partition coefficient (Wildman–Crippen LogP) is 3.41. The first-order chi connectivity index (χ1) is 13.9. The second-order valence-electron chi connectivity index (χ2n) is 6.75. The van der Waals surface area contributed by atoms with Gasteiger partial charge in [-0.15, -0.1) is 0 Å². The van der Waals surface area contributed by atoms with Crippen LogP contribution in [0.1, 0.15) is 35.7 Å². The lowest BCUT2D eigenvalue weighted by molar-refractivity contribution is 0.102. The highest BCUT2D eigenvalue weighted by molar-refractivity contribution is 6.02. The average Bonchev–Trinajstić information content (AvgIpc) is 2.69. The quantitative estimate of drug-likeness (QED) is 0.642. The van der Waals surface area contributed by atoms with Crippen molar-refractivity contribution in [2.45, 2.75) is 26.4 Å². The van der Waals surface area contributed by atoms with Gasteiger partial charge in [0.05, 0.1) is 13.2 Å². The first-order valence-corrected chi connectivity index (χ1v) is 9.24. The van der Waals surface area contributed by atoms with Crippen LogP contribution in [0.3, 0.4) is 0 Å². The van der Waals surface area contributed by atoms with E-state index in [-0.39, 0.29) is 17.4 Å². The molecule has 0 spiro atoms. The van der Waals surface area contributed by atoms with E-state index < -0.39 is 5.91 Å². The van der Waals surface area contributed by atoms with E-state index in [1.54, 1.807) is 31.4 Å². The lowest BCUT2D eigenvalue weighted by Crippen LogP contribution is -2.20. The lowest BCUT2D eigenvalue weighted by Gasteiger charge is -2.10. The minimum Gasteiger partial charge on any atom is -0.497 e. The van der Waals surface area contributed by atoms with Crippen molar-refractivity contribution in [3.05, 3.63) is 82.0 Å². The Balaban J connectivity index is 1.72. The number of ether oxygens (including phenoxy) is 2. The van der Waals surface area contributed by atoms with Crippen molar-refractivity contribution < 1.29 is 14.3 Å². The van der Waals surface area contributed by atoms with Crippen molar-refractivity contribution in [2.75, 3.05) is 12.4 Å². The number of anilines is 1. The number of carbonyl (C=O) groups is 1. The van der Waals surface area contributed by atoms with Gasteiger partial charge in [-0.05, 0) is 55.8 Å². The summed E-state index contributed by atoms with van der Waals surface area (Å²) in [6.45, 7) is 3.88. The average molecular weight is 393 g/mol. The van der Waals surface area contributed by atoms with Gasteiger partial charge in [0.2, 0.25) is 0 Å². The minimum absolute atomic E-state index is 0.0553. The van der Waals surface area contributed by atoms with E-state index in [1.165, 1.54) is 6.07 Å². The van der Waals surface area contributed by atoms with E-state index in [0.717, 1.165) is 11.3 Å². The Hall–Kier alpha value is -3.61. The zero-order valence-electron chi connectivity index (χ0n) is 16.6. The van der Waals surface area contributed by atoms with Gasteiger partial charge in [-0.3, -0.25) is 9.59 Å². The molecular weight excluding hydrogens is 370 g/mol. The van der Waals surface area contributed by atoms with Crippen LogP contribution in [0.2, 0.25) is 0 Å². The highest BCUT2D eigenvalue weighted by atomic mass is 16.5. The fraction of sp³-hybridized carbons (Fsp3) is 0.227. The van der Waals surface area contributed by atoms with E-state index in [9.17, 15) is 9.59 Å². The molecule has 0 aliphatic heterocycles. The van der Waals surface area contributed by atoms with E-state index in [0.29, 0.717) is 23.7 Å². The molecule has 2 aromatic carbocycles. The Kier molecular flexibility index (Phi) is 6.29. The normalized spacial score (nSPS) is 10.6. The number of amides is 1. The maximum atomic E-state index is 12.5. The van der Waals surface area contributed by atoms with Gasteiger partial charge in [-0.25, -0.2) is 4.98 Å². The van der Waals surface area contributed by atoms with Gasteiger partial charge in [0, 0.05) is 18.2 Å². The molecule has 0 aliphatic rings. The van der Waals surface area contributed by atoms with E-state index in [2.05, 4.69) is 15.3 Å². The molecule has 7 heteroatoms. The van der Waals surface area contributed by atoms with Crippen molar-refractivity contribution >= 4 is 11.6 Å². The number of nitrogens with one attached hydrogen (secondary N) is 2. The predicted molar refractivity (Wildman–Crippen MR) is 111 cm³/mol. The minimum atomic E-state index is -0.454. The summed E-state index contributed by atoms with van der Waals surface area (Å²) < 4.78 is 10.7. The maximum Gasteiger partial charge on any atom is 0.274 e. The van der Waals surface area contributed by atoms with Gasteiger partial charge in [-0.2, -0.15) is 0 Å². The number of hydrogen-bond acceptors (Lipinski definition) is 5. The molecule has 0 aliphatic carbocycles. The van der Waals surface area contributed by atoms with Crippen LogP contribution in [0, 0.1) is 0 Å². The van der Waals surface area contributed by atoms with Crippen LogP contribution >= 0.6 is 0 Å². The fourth-order valence-electron chi connectivity index (χ4n) is 2.73. The van der Waals surface area contributed by atoms with Crippen molar-refractivity contribution in [3.63, 3.8) is 0 Å². The standard InChI is InChI=1S/C22H23N3O4/c1-14(2)29-18-10-6-16(7-11-18)23-22(27)19-13-21(26)25-20(24-19)12-15-4-8-17(28-3)9-5-15/h4-11,13-14H,12H2,1-3H3,(H,23,27)(H,24,25,26). The third kappa shape index (κ3) is 5.68. The zero-order valence-corrected chi connectivity index (χ0v) is 16.6. The summed E-state index contributed by atoms with van der Waals surface area (Å²) in [6, 6.07) is 15.6. The Morgan fingerprint density at radius 1 is 1.07 bits per heavy atom. The van der Waals surface area contributed by atoms with Crippen molar-refractivity contribution in [3.8, 4) is 11.5 Å². The number of methoxy groups -OCH3 is 1. The Morgan fingerprint density at radius 2 is 1.72 bits per heavy atom. The molecular formula is C22H23N3O4. The molecule has 1 heterocycles. The van der Waals surface area contributed by atoms with E-state index in [4.69, 9.17) is 9.47 Å². The Labute approximate surface area is 168 Å². The smallest absolute Gasteiger partial charge is 0.274 e. The van der Waals surface area contributed by atoms with E-state index in [1.807, 2.05) is 38.1 Å². The molecule has 29 heavy (non-hydrogen) atoms. The third-order valence-corrected chi connectivity index (χ3v) is 4.04. The summed E-state index contributed by atoms with van der Waals surface area (Å²) in [5.74, 6) is 1.42. The lowest BCUT2D eigenvalue weighted by atomic mass is 10.1. The maximum absolute atomic E-state index is 12.5. The molecule has 0 fully saturated rings. The number of aromatic amines is 1. The molecule has 150 valence electrons. The molecule has 3 rings (SSSR count). The van der Waals surface area contributed by atoms with Crippen LogP contribution < -0.4 is 20.3 Å². The molecule has 0 radical (unpaired) electrons. The molecule has 0 saturated heterocycles. The van der Waals surface area contributed by atoms with Gasteiger partial charge in [0.15, 0.2) is 0 Å². The number of aromatic nitrogens is 2. The summed E-state index contributed by atoms with van der Waals surface area (Å²) in [6.07, 6.45) is 0.460. The van der Waals surface area contributed by atoms with Crippen molar-refractivity contribution in [1.82, 2.24) is 9.97 Å². The Bertz CT molecular complexity index is 1030. The second kappa shape index (κ2) is 9.05. The summed E-state index contributed by atoms with van der Waals surface area (Å²) in [7, 11) is 1.60. The molecule has 0 unspecified atom stereocenters. The molecule has 0 atom stereocenters. The number of nitrogens with zero attached hydrogens (tertiary/aromatic N) is 1. The molecule has 1 amide bonds. The van der Waals surface area contributed by atoms with Gasteiger partial charge in [-0.1, -0.05) is 12.1 Å². The van der Waals surface area contributed by atoms with E-state index >= 15 is 0 Å². The number of carbonyl (C=O) groups excluding carboxylic acids is 1. The topological polar surface area (TPSA) is 93.3 Å². The van der Waals surface area contributed by atoms with Crippen LogP contribution in [-0.2, 0) is 6.42 Å². The monoisotopic (exact) mass is 393 g/mol. The van der Waals surface area contributed by atoms with Crippen LogP contribution in [0.4, 0.5) is 5.69 Å². The first-order valence-electron chi connectivity index (χ1n) is 9.24.